The standard InChI is InChI=1S/C21H24N6O3/c1-25-12-22-16-9-13(4-5-18(16)25)20(29)26-8-6-15-17(10-26)23-24-19(15)21(30)27-7-2-3-14(27)11-28/h4-5,9,12,14,28H,2-3,6-8,10-11H2,1H3,(H,23,24)/t14-/m1/s1. The minimum Gasteiger partial charge on any atom is -0.394 e. The average molecular weight is 408 g/mol. The van der Waals surface area contributed by atoms with Crippen LogP contribution in [0.25, 0.3) is 11.0 Å². The molecule has 2 amide bonds. The van der Waals surface area contributed by atoms with Crippen molar-refractivity contribution in [1.29, 1.82) is 0 Å². The molecule has 0 saturated carbocycles. The Labute approximate surface area is 173 Å². The van der Waals surface area contributed by atoms with E-state index in [4.69, 9.17) is 0 Å². The summed E-state index contributed by atoms with van der Waals surface area (Å²) in [6.07, 6.45) is 4.02. The number of H-pyrrole nitrogens is 1. The predicted octanol–water partition coefficient (Wildman–Crippen LogP) is 1.09. The zero-order valence-corrected chi connectivity index (χ0v) is 16.8. The lowest BCUT2D eigenvalue weighted by Gasteiger charge is -2.28. The van der Waals surface area contributed by atoms with Crippen LogP contribution in [0.4, 0.5) is 0 Å². The van der Waals surface area contributed by atoms with Gasteiger partial charge in [0, 0.05) is 31.3 Å². The van der Waals surface area contributed by atoms with Crippen LogP contribution in [0.5, 0.6) is 0 Å². The molecule has 1 fully saturated rings. The molecule has 1 aromatic carbocycles. The second-order valence-corrected chi connectivity index (χ2v) is 8.04. The Morgan fingerprint density at radius 1 is 1.27 bits per heavy atom. The Morgan fingerprint density at radius 3 is 2.97 bits per heavy atom. The number of rotatable bonds is 3. The van der Waals surface area contributed by atoms with Gasteiger partial charge in [0.05, 0.1) is 42.2 Å². The number of aliphatic hydroxyl groups excluding tert-OH is 1. The molecule has 156 valence electrons. The van der Waals surface area contributed by atoms with Gasteiger partial charge in [-0.2, -0.15) is 5.10 Å². The Hall–Kier alpha value is -3.20. The summed E-state index contributed by atoms with van der Waals surface area (Å²) in [7, 11) is 1.92. The van der Waals surface area contributed by atoms with E-state index in [2.05, 4.69) is 15.2 Å². The van der Waals surface area contributed by atoms with Crippen molar-refractivity contribution in [3.8, 4) is 0 Å². The van der Waals surface area contributed by atoms with Gasteiger partial charge in [-0.15, -0.1) is 0 Å². The van der Waals surface area contributed by atoms with E-state index in [0.29, 0.717) is 37.3 Å². The molecule has 5 rings (SSSR count). The molecule has 1 saturated heterocycles. The van der Waals surface area contributed by atoms with Crippen molar-refractivity contribution < 1.29 is 14.7 Å². The molecule has 2 aliphatic heterocycles. The number of nitrogens with zero attached hydrogens (tertiary/aromatic N) is 5. The molecule has 0 bridgehead atoms. The fourth-order valence-electron chi connectivity index (χ4n) is 4.55. The third kappa shape index (κ3) is 2.97. The Bertz CT molecular complexity index is 1130. The van der Waals surface area contributed by atoms with E-state index in [9.17, 15) is 14.7 Å². The minimum absolute atomic E-state index is 0.0265. The van der Waals surface area contributed by atoms with E-state index in [0.717, 1.165) is 35.1 Å². The minimum atomic E-state index is -0.135. The van der Waals surface area contributed by atoms with Gasteiger partial charge in [-0.25, -0.2) is 4.98 Å². The summed E-state index contributed by atoms with van der Waals surface area (Å²) in [6, 6.07) is 5.42. The van der Waals surface area contributed by atoms with Gasteiger partial charge in [0.25, 0.3) is 11.8 Å². The maximum atomic E-state index is 13.0. The number of carbonyl (C=O) groups excluding carboxylic acids is 2. The van der Waals surface area contributed by atoms with E-state index in [1.54, 1.807) is 16.1 Å². The Balaban J connectivity index is 1.35. The van der Waals surface area contributed by atoms with Crippen LogP contribution in [-0.4, -0.2) is 72.2 Å². The highest BCUT2D eigenvalue weighted by Crippen LogP contribution is 2.26. The van der Waals surface area contributed by atoms with Crippen molar-refractivity contribution in [2.24, 2.45) is 7.05 Å². The van der Waals surface area contributed by atoms with Crippen LogP contribution in [0.2, 0.25) is 0 Å². The van der Waals surface area contributed by atoms with Gasteiger partial charge in [-0.05, 0) is 37.5 Å². The van der Waals surface area contributed by atoms with Gasteiger partial charge in [-0.3, -0.25) is 14.7 Å². The number of aryl methyl sites for hydroxylation is 1. The summed E-state index contributed by atoms with van der Waals surface area (Å²) in [5, 5.41) is 16.8. The molecule has 0 radical (unpaired) electrons. The summed E-state index contributed by atoms with van der Waals surface area (Å²) in [5.41, 5.74) is 4.48. The molecule has 0 spiro atoms. The van der Waals surface area contributed by atoms with Crippen LogP contribution < -0.4 is 0 Å². The molecule has 1 atom stereocenters. The van der Waals surface area contributed by atoms with Crippen molar-refractivity contribution in [2.75, 3.05) is 19.7 Å². The molecule has 9 nitrogen and oxygen atoms in total. The van der Waals surface area contributed by atoms with E-state index in [-0.39, 0.29) is 24.5 Å². The zero-order valence-electron chi connectivity index (χ0n) is 16.8. The van der Waals surface area contributed by atoms with Crippen LogP contribution in [0.1, 0.15) is 44.9 Å². The highest BCUT2D eigenvalue weighted by Gasteiger charge is 2.34. The lowest BCUT2D eigenvalue weighted by atomic mass is 10.0. The Kier molecular flexibility index (Phi) is 4.54. The molecule has 0 aliphatic carbocycles. The third-order valence-corrected chi connectivity index (χ3v) is 6.24. The summed E-state index contributed by atoms with van der Waals surface area (Å²) in [6.45, 7) is 1.53. The number of aliphatic hydroxyl groups is 1. The number of benzene rings is 1. The maximum absolute atomic E-state index is 13.0. The quantitative estimate of drug-likeness (QED) is 0.675. The number of likely N-dealkylation sites (tertiary alicyclic amines) is 1. The van der Waals surface area contributed by atoms with Crippen molar-refractivity contribution >= 4 is 22.8 Å². The van der Waals surface area contributed by atoms with E-state index in [1.165, 1.54) is 0 Å². The van der Waals surface area contributed by atoms with Crippen LogP contribution in [0, 0.1) is 0 Å². The number of amides is 2. The molecule has 9 heteroatoms. The van der Waals surface area contributed by atoms with E-state index < -0.39 is 0 Å². The van der Waals surface area contributed by atoms with E-state index in [1.807, 2.05) is 29.8 Å². The van der Waals surface area contributed by atoms with Gasteiger partial charge in [0.2, 0.25) is 0 Å². The van der Waals surface area contributed by atoms with Crippen LogP contribution in [0.3, 0.4) is 0 Å². The molecule has 2 aliphatic rings. The summed E-state index contributed by atoms with van der Waals surface area (Å²) in [5.74, 6) is -0.194. The fourth-order valence-corrected chi connectivity index (χ4v) is 4.55. The van der Waals surface area contributed by atoms with Gasteiger partial charge < -0.3 is 19.5 Å². The summed E-state index contributed by atoms with van der Waals surface area (Å²) >= 11 is 0. The first-order valence-electron chi connectivity index (χ1n) is 10.2. The summed E-state index contributed by atoms with van der Waals surface area (Å²) < 4.78 is 1.92. The zero-order chi connectivity index (χ0) is 20.8. The van der Waals surface area contributed by atoms with Gasteiger partial charge in [-0.1, -0.05) is 0 Å². The van der Waals surface area contributed by atoms with Crippen molar-refractivity contribution in [3.63, 3.8) is 0 Å². The van der Waals surface area contributed by atoms with Crippen molar-refractivity contribution in [2.45, 2.75) is 31.8 Å². The molecule has 2 N–H and O–H groups in total. The predicted molar refractivity (Wildman–Crippen MR) is 109 cm³/mol. The number of fused-ring (bicyclic) bond motifs is 2. The van der Waals surface area contributed by atoms with Gasteiger partial charge >= 0.3 is 0 Å². The number of hydrogen-bond acceptors (Lipinski definition) is 5. The number of hydrogen-bond donors (Lipinski definition) is 2. The second kappa shape index (κ2) is 7.24. The Morgan fingerprint density at radius 2 is 2.13 bits per heavy atom. The molecule has 3 aromatic rings. The average Bonchev–Trinajstić information content (AvgIpc) is 3.50. The molecule has 30 heavy (non-hydrogen) atoms. The second-order valence-electron chi connectivity index (χ2n) is 8.04. The number of nitrogens with one attached hydrogen (secondary N) is 1. The number of carbonyl (C=O) groups is 2. The first-order chi connectivity index (χ1) is 14.6. The van der Waals surface area contributed by atoms with Gasteiger partial charge in [0.15, 0.2) is 5.69 Å². The fraction of sp³-hybridized carbons (Fsp3) is 0.429. The summed E-state index contributed by atoms with van der Waals surface area (Å²) in [4.78, 5) is 33.8. The monoisotopic (exact) mass is 408 g/mol. The highest BCUT2D eigenvalue weighted by atomic mass is 16.3. The third-order valence-electron chi connectivity index (χ3n) is 6.24. The normalized spacial score (nSPS) is 18.8. The molecule has 4 heterocycles. The van der Waals surface area contributed by atoms with Gasteiger partial charge in [0.1, 0.15) is 0 Å². The molecular weight excluding hydrogens is 384 g/mol. The molecule has 0 unspecified atom stereocenters. The van der Waals surface area contributed by atoms with Crippen LogP contribution in [0.15, 0.2) is 24.5 Å². The highest BCUT2D eigenvalue weighted by molar-refractivity contribution is 5.98. The lowest BCUT2D eigenvalue weighted by molar-refractivity contribution is 0.0670. The van der Waals surface area contributed by atoms with E-state index >= 15 is 0 Å². The van der Waals surface area contributed by atoms with Crippen molar-refractivity contribution in [1.82, 2.24) is 29.5 Å². The van der Waals surface area contributed by atoms with Crippen LogP contribution in [-0.2, 0) is 20.0 Å². The molecular formula is C21H24N6O3. The van der Waals surface area contributed by atoms with Crippen molar-refractivity contribution in [3.05, 3.63) is 47.0 Å². The molecule has 2 aromatic heterocycles. The lowest BCUT2D eigenvalue weighted by Crippen LogP contribution is -2.39. The topological polar surface area (TPSA) is 107 Å². The first-order valence-corrected chi connectivity index (χ1v) is 10.2. The number of imidazole rings is 1. The smallest absolute Gasteiger partial charge is 0.274 e. The number of aromatic nitrogens is 4. The SMILES string of the molecule is Cn1cnc2cc(C(=O)N3CCc4c(C(=O)N5CCC[C@@H]5CO)n[nH]c4C3)ccc21. The van der Waals surface area contributed by atoms with Crippen LogP contribution >= 0.6 is 0 Å². The maximum Gasteiger partial charge on any atom is 0.274 e. The first kappa shape index (κ1) is 18.8. The number of aromatic amines is 1. The largest absolute Gasteiger partial charge is 0.394 e.